The average molecular weight is 168 g/mol. The molecule has 1 aliphatic heterocycles. The highest BCUT2D eigenvalue weighted by Gasteiger charge is 2.30. The maximum Gasteiger partial charge on any atom is 0.156 e. The lowest BCUT2D eigenvalue weighted by Crippen LogP contribution is -2.49. The van der Waals surface area contributed by atoms with Crippen LogP contribution < -0.4 is 5.32 Å². The normalized spacial score (nSPS) is 31.2. The van der Waals surface area contributed by atoms with E-state index in [1.807, 2.05) is 0 Å². The molecule has 1 N–H and O–H groups in total. The molecule has 0 aliphatic carbocycles. The lowest BCUT2D eigenvalue weighted by Gasteiger charge is -2.36. The van der Waals surface area contributed by atoms with Crippen LogP contribution in [-0.4, -0.2) is 25.3 Å². The summed E-state index contributed by atoms with van der Waals surface area (Å²) in [5.74, 6) is 0. The molecule has 0 aromatic rings. The van der Waals surface area contributed by atoms with E-state index in [0.717, 1.165) is 6.54 Å². The lowest BCUT2D eigenvalue weighted by atomic mass is 9.88. The van der Waals surface area contributed by atoms with Gasteiger partial charge in [-0.05, 0) is 5.41 Å². The van der Waals surface area contributed by atoms with Gasteiger partial charge in [0.05, 0.1) is 12.2 Å². The number of nitrogens with zero attached hydrogens (tertiary/aromatic N) is 1. The zero-order chi connectivity index (χ0) is 9.19. The van der Waals surface area contributed by atoms with Gasteiger partial charge in [0.25, 0.3) is 0 Å². The number of ether oxygens (including phenoxy) is 1. The molecule has 0 amide bonds. The third kappa shape index (κ3) is 2.20. The summed E-state index contributed by atoms with van der Waals surface area (Å²) in [7, 11) is 0. The molecular weight excluding hydrogens is 152 g/mol. The van der Waals surface area contributed by atoms with E-state index in [4.69, 9.17) is 10.00 Å². The van der Waals surface area contributed by atoms with Crippen LogP contribution in [0.5, 0.6) is 0 Å². The molecular formula is C9H16N2O. The van der Waals surface area contributed by atoms with E-state index >= 15 is 0 Å². The minimum Gasteiger partial charge on any atom is -0.357 e. The molecule has 1 heterocycles. The van der Waals surface area contributed by atoms with Gasteiger partial charge in [-0.15, -0.1) is 0 Å². The Hall–Kier alpha value is -0.590. The summed E-state index contributed by atoms with van der Waals surface area (Å²) in [4.78, 5) is 0. The first-order valence-electron chi connectivity index (χ1n) is 4.30. The molecule has 0 spiro atoms. The molecule has 3 heteroatoms. The van der Waals surface area contributed by atoms with Crippen molar-refractivity contribution in [3.63, 3.8) is 0 Å². The molecule has 1 rings (SSSR count). The van der Waals surface area contributed by atoms with Gasteiger partial charge in [-0.3, -0.25) is 0 Å². The Morgan fingerprint density at radius 3 is 2.58 bits per heavy atom. The number of rotatable bonds is 0. The van der Waals surface area contributed by atoms with Crippen LogP contribution in [0.25, 0.3) is 0 Å². The largest absolute Gasteiger partial charge is 0.357 e. The Kier molecular flexibility index (Phi) is 2.71. The molecule has 0 bridgehead atoms. The van der Waals surface area contributed by atoms with Crippen LogP contribution in [0.2, 0.25) is 0 Å². The van der Waals surface area contributed by atoms with Crippen molar-refractivity contribution in [1.82, 2.24) is 5.32 Å². The Morgan fingerprint density at radius 2 is 2.08 bits per heavy atom. The van der Waals surface area contributed by atoms with Crippen molar-refractivity contribution in [2.45, 2.75) is 33.0 Å². The van der Waals surface area contributed by atoms with Gasteiger partial charge in [-0.25, -0.2) is 0 Å². The highest BCUT2D eigenvalue weighted by Crippen LogP contribution is 2.24. The number of hydrogen-bond donors (Lipinski definition) is 1. The quantitative estimate of drug-likeness (QED) is 0.585. The van der Waals surface area contributed by atoms with Crippen LogP contribution in [0.4, 0.5) is 0 Å². The Morgan fingerprint density at radius 1 is 1.42 bits per heavy atom. The standard InChI is InChI=1S/C9H16N2O/c1-9(2,3)8-6-11-5-7(4-10)12-8/h7-8,11H,5-6H2,1-3H3. The molecule has 0 saturated carbocycles. The van der Waals surface area contributed by atoms with Crippen molar-refractivity contribution in [2.24, 2.45) is 5.41 Å². The van der Waals surface area contributed by atoms with Crippen molar-refractivity contribution >= 4 is 0 Å². The molecule has 2 atom stereocenters. The summed E-state index contributed by atoms with van der Waals surface area (Å²) in [6.07, 6.45) is -0.126. The van der Waals surface area contributed by atoms with Crippen LogP contribution >= 0.6 is 0 Å². The third-order valence-corrected chi connectivity index (χ3v) is 2.10. The van der Waals surface area contributed by atoms with Gasteiger partial charge in [0.15, 0.2) is 6.10 Å². The van der Waals surface area contributed by atoms with E-state index in [-0.39, 0.29) is 17.6 Å². The van der Waals surface area contributed by atoms with Crippen LogP contribution in [-0.2, 0) is 4.74 Å². The van der Waals surface area contributed by atoms with E-state index in [0.29, 0.717) is 6.54 Å². The summed E-state index contributed by atoms with van der Waals surface area (Å²) in [6, 6.07) is 2.12. The Labute approximate surface area is 73.7 Å². The zero-order valence-electron chi connectivity index (χ0n) is 7.92. The van der Waals surface area contributed by atoms with Crippen LogP contribution in [0, 0.1) is 16.7 Å². The van der Waals surface area contributed by atoms with E-state index in [1.54, 1.807) is 0 Å². The SMILES string of the molecule is CC(C)(C)C1CNCC(C#N)O1. The van der Waals surface area contributed by atoms with E-state index in [2.05, 4.69) is 32.2 Å². The molecule has 1 saturated heterocycles. The smallest absolute Gasteiger partial charge is 0.156 e. The van der Waals surface area contributed by atoms with Gasteiger partial charge in [-0.1, -0.05) is 20.8 Å². The van der Waals surface area contributed by atoms with Crippen molar-refractivity contribution < 1.29 is 4.74 Å². The second-order valence-electron chi connectivity index (χ2n) is 4.27. The molecule has 1 aliphatic rings. The first-order chi connectivity index (χ1) is 5.54. The lowest BCUT2D eigenvalue weighted by molar-refractivity contribution is -0.0646. The molecule has 1 fully saturated rings. The number of nitrogens with one attached hydrogen (secondary N) is 1. The minimum atomic E-state index is -0.275. The fraction of sp³-hybridized carbons (Fsp3) is 0.889. The second-order valence-corrected chi connectivity index (χ2v) is 4.27. The van der Waals surface area contributed by atoms with Crippen LogP contribution in [0.3, 0.4) is 0 Å². The molecule has 3 nitrogen and oxygen atoms in total. The van der Waals surface area contributed by atoms with Gasteiger partial charge in [0.1, 0.15) is 0 Å². The maximum absolute atomic E-state index is 8.66. The summed E-state index contributed by atoms with van der Waals surface area (Å²) < 4.78 is 5.58. The third-order valence-electron chi connectivity index (χ3n) is 2.10. The minimum absolute atomic E-state index is 0.114. The van der Waals surface area contributed by atoms with Crippen molar-refractivity contribution in [3.8, 4) is 6.07 Å². The predicted molar refractivity (Wildman–Crippen MR) is 46.6 cm³/mol. The van der Waals surface area contributed by atoms with Crippen molar-refractivity contribution in [2.75, 3.05) is 13.1 Å². The predicted octanol–water partition coefficient (Wildman–Crippen LogP) is 0.913. The maximum atomic E-state index is 8.66. The second kappa shape index (κ2) is 3.42. The topological polar surface area (TPSA) is 45.0 Å². The first kappa shape index (κ1) is 9.50. The molecule has 0 radical (unpaired) electrons. The van der Waals surface area contributed by atoms with Crippen LogP contribution in [0.1, 0.15) is 20.8 Å². The molecule has 0 aromatic heterocycles. The Bertz CT molecular complexity index is 190. The number of nitriles is 1. The number of morpholine rings is 1. The molecule has 68 valence electrons. The number of hydrogen-bond acceptors (Lipinski definition) is 3. The molecule has 2 unspecified atom stereocenters. The van der Waals surface area contributed by atoms with Crippen molar-refractivity contribution in [3.05, 3.63) is 0 Å². The average Bonchev–Trinajstić information content (AvgIpc) is 2.03. The van der Waals surface area contributed by atoms with Crippen molar-refractivity contribution in [1.29, 1.82) is 5.26 Å². The summed E-state index contributed by atoms with van der Waals surface area (Å²) in [5, 5.41) is 11.9. The zero-order valence-corrected chi connectivity index (χ0v) is 7.92. The molecule has 0 aromatic carbocycles. The van der Waals surface area contributed by atoms with Gasteiger partial charge >= 0.3 is 0 Å². The fourth-order valence-electron chi connectivity index (χ4n) is 1.23. The fourth-order valence-corrected chi connectivity index (χ4v) is 1.23. The first-order valence-corrected chi connectivity index (χ1v) is 4.30. The van der Waals surface area contributed by atoms with E-state index in [1.165, 1.54) is 0 Å². The summed E-state index contributed by atoms with van der Waals surface area (Å²) in [5.41, 5.74) is 0.114. The Balaban J connectivity index is 2.53. The summed E-state index contributed by atoms with van der Waals surface area (Å²) >= 11 is 0. The highest BCUT2D eigenvalue weighted by molar-refractivity contribution is 4.92. The van der Waals surface area contributed by atoms with Gasteiger partial charge in [0.2, 0.25) is 0 Å². The highest BCUT2D eigenvalue weighted by atomic mass is 16.5. The van der Waals surface area contributed by atoms with E-state index < -0.39 is 0 Å². The van der Waals surface area contributed by atoms with Gasteiger partial charge < -0.3 is 10.1 Å². The van der Waals surface area contributed by atoms with Crippen LogP contribution in [0.15, 0.2) is 0 Å². The monoisotopic (exact) mass is 168 g/mol. The molecule has 12 heavy (non-hydrogen) atoms. The van der Waals surface area contributed by atoms with E-state index in [9.17, 15) is 0 Å². The van der Waals surface area contributed by atoms with Gasteiger partial charge in [0, 0.05) is 13.1 Å². The summed E-state index contributed by atoms with van der Waals surface area (Å²) in [6.45, 7) is 7.88. The van der Waals surface area contributed by atoms with Gasteiger partial charge in [-0.2, -0.15) is 5.26 Å².